The summed E-state index contributed by atoms with van der Waals surface area (Å²) >= 11 is 1.72. The second-order valence-electron chi connectivity index (χ2n) is 3.02. The number of aliphatic hydroxyl groups is 1. The summed E-state index contributed by atoms with van der Waals surface area (Å²) in [6.45, 7) is 0. The van der Waals surface area contributed by atoms with Gasteiger partial charge in [0, 0.05) is 7.05 Å². The van der Waals surface area contributed by atoms with Crippen LogP contribution in [-0.4, -0.2) is 34.0 Å². The van der Waals surface area contributed by atoms with Crippen molar-refractivity contribution in [3.63, 3.8) is 0 Å². The first-order chi connectivity index (χ1) is 6.70. The lowest BCUT2D eigenvalue weighted by molar-refractivity contribution is 0.161. The minimum Gasteiger partial charge on any atom is -0.493 e. The highest BCUT2D eigenvalue weighted by molar-refractivity contribution is 7.98. The maximum atomic E-state index is 9.88. The van der Waals surface area contributed by atoms with Gasteiger partial charge in [0.05, 0.1) is 13.3 Å². The molecule has 1 aromatic heterocycles. The molecular weight excluding hydrogens is 200 g/mol. The number of nitrogens with zero attached hydrogens (tertiary/aromatic N) is 2. The highest BCUT2D eigenvalue weighted by Gasteiger charge is 2.17. The molecule has 0 fully saturated rings. The van der Waals surface area contributed by atoms with Gasteiger partial charge in [-0.2, -0.15) is 16.9 Å². The second-order valence-corrected chi connectivity index (χ2v) is 4.00. The Kier molecular flexibility index (Phi) is 4.28. The van der Waals surface area contributed by atoms with Gasteiger partial charge in [-0.05, 0) is 18.4 Å². The number of aryl methyl sites for hydroxylation is 1. The molecule has 0 radical (unpaired) electrons. The molecule has 0 bridgehead atoms. The average Bonchev–Trinajstić information content (AvgIpc) is 2.56. The Morgan fingerprint density at radius 3 is 3.00 bits per heavy atom. The van der Waals surface area contributed by atoms with Gasteiger partial charge in [0.1, 0.15) is 11.8 Å². The number of aliphatic hydroxyl groups excluding tert-OH is 1. The number of hydrogen-bond acceptors (Lipinski definition) is 4. The lowest BCUT2D eigenvalue weighted by Gasteiger charge is -2.11. The van der Waals surface area contributed by atoms with Crippen LogP contribution < -0.4 is 4.74 Å². The minimum absolute atomic E-state index is 0.495. The first-order valence-corrected chi connectivity index (χ1v) is 5.83. The van der Waals surface area contributed by atoms with E-state index in [0.717, 1.165) is 17.9 Å². The molecule has 0 saturated heterocycles. The van der Waals surface area contributed by atoms with Crippen molar-refractivity contribution in [2.45, 2.75) is 12.5 Å². The zero-order valence-corrected chi connectivity index (χ0v) is 9.54. The standard InChI is InChI=1S/C9H16N2O2S/c1-11-9(7(12)4-5-14-3)8(13-2)6-10-11/h6-7,12H,4-5H2,1-3H3. The Balaban J connectivity index is 2.76. The highest BCUT2D eigenvalue weighted by atomic mass is 32.2. The molecule has 0 aliphatic heterocycles. The molecule has 0 aliphatic carbocycles. The molecule has 1 heterocycles. The van der Waals surface area contributed by atoms with E-state index >= 15 is 0 Å². The molecule has 0 aliphatic rings. The van der Waals surface area contributed by atoms with E-state index < -0.39 is 6.10 Å². The third-order valence-corrected chi connectivity index (χ3v) is 2.72. The molecule has 14 heavy (non-hydrogen) atoms. The van der Waals surface area contributed by atoms with Crippen molar-refractivity contribution in [3.05, 3.63) is 11.9 Å². The van der Waals surface area contributed by atoms with E-state index in [1.165, 1.54) is 0 Å². The Morgan fingerprint density at radius 1 is 1.71 bits per heavy atom. The predicted molar refractivity (Wildman–Crippen MR) is 57.7 cm³/mol. The fourth-order valence-electron chi connectivity index (χ4n) is 1.33. The summed E-state index contributed by atoms with van der Waals surface area (Å²) in [4.78, 5) is 0. The van der Waals surface area contributed by atoms with Crippen LogP contribution in [-0.2, 0) is 7.05 Å². The van der Waals surface area contributed by atoms with Gasteiger partial charge < -0.3 is 9.84 Å². The van der Waals surface area contributed by atoms with E-state index in [9.17, 15) is 5.11 Å². The SMILES string of the molecule is COc1cnn(C)c1C(O)CCSC. The molecule has 0 spiro atoms. The van der Waals surface area contributed by atoms with E-state index in [1.54, 1.807) is 36.8 Å². The van der Waals surface area contributed by atoms with Crippen molar-refractivity contribution in [2.75, 3.05) is 19.1 Å². The van der Waals surface area contributed by atoms with Gasteiger partial charge in [-0.1, -0.05) is 0 Å². The normalized spacial score (nSPS) is 12.9. The van der Waals surface area contributed by atoms with Gasteiger partial charge in [0.25, 0.3) is 0 Å². The molecule has 0 amide bonds. The Labute approximate surface area is 88.3 Å². The van der Waals surface area contributed by atoms with Gasteiger partial charge in [0.15, 0.2) is 5.75 Å². The number of ether oxygens (including phenoxy) is 1. The Hall–Kier alpha value is -0.680. The maximum Gasteiger partial charge on any atom is 0.162 e. The third kappa shape index (κ3) is 2.42. The highest BCUT2D eigenvalue weighted by Crippen LogP contribution is 2.26. The monoisotopic (exact) mass is 216 g/mol. The largest absolute Gasteiger partial charge is 0.493 e. The lowest BCUT2D eigenvalue weighted by Crippen LogP contribution is -2.07. The van der Waals surface area contributed by atoms with Crippen molar-refractivity contribution in [3.8, 4) is 5.75 Å². The van der Waals surface area contributed by atoms with Crippen LogP contribution in [0.3, 0.4) is 0 Å². The fraction of sp³-hybridized carbons (Fsp3) is 0.667. The smallest absolute Gasteiger partial charge is 0.162 e. The summed E-state index contributed by atoms with van der Waals surface area (Å²) in [7, 11) is 3.39. The third-order valence-electron chi connectivity index (χ3n) is 2.08. The maximum absolute atomic E-state index is 9.88. The van der Waals surface area contributed by atoms with Crippen molar-refractivity contribution in [1.29, 1.82) is 0 Å². The topological polar surface area (TPSA) is 47.3 Å². The van der Waals surface area contributed by atoms with Crippen molar-refractivity contribution < 1.29 is 9.84 Å². The molecule has 0 aromatic carbocycles. The van der Waals surface area contributed by atoms with Crippen LogP contribution in [0.4, 0.5) is 0 Å². The zero-order chi connectivity index (χ0) is 10.6. The van der Waals surface area contributed by atoms with Gasteiger partial charge in [-0.15, -0.1) is 0 Å². The summed E-state index contributed by atoms with van der Waals surface area (Å²) in [6, 6.07) is 0. The van der Waals surface area contributed by atoms with Crippen molar-refractivity contribution >= 4 is 11.8 Å². The molecule has 1 N–H and O–H groups in total. The van der Waals surface area contributed by atoms with Crippen LogP contribution in [0, 0.1) is 0 Å². The molecule has 4 nitrogen and oxygen atoms in total. The Morgan fingerprint density at radius 2 is 2.43 bits per heavy atom. The molecule has 80 valence electrons. The fourth-order valence-corrected chi connectivity index (χ4v) is 1.79. The van der Waals surface area contributed by atoms with Crippen LogP contribution in [0.1, 0.15) is 18.2 Å². The van der Waals surface area contributed by atoms with Gasteiger partial charge in [-0.3, -0.25) is 4.68 Å². The zero-order valence-electron chi connectivity index (χ0n) is 8.73. The molecule has 1 atom stereocenters. The molecular formula is C9H16N2O2S. The number of methoxy groups -OCH3 is 1. The molecule has 1 aromatic rings. The van der Waals surface area contributed by atoms with E-state index in [0.29, 0.717) is 5.75 Å². The van der Waals surface area contributed by atoms with Gasteiger partial charge in [-0.25, -0.2) is 0 Å². The predicted octanol–water partition coefficient (Wildman–Crippen LogP) is 1.22. The van der Waals surface area contributed by atoms with Crippen LogP contribution in [0.5, 0.6) is 5.75 Å². The average molecular weight is 216 g/mol. The summed E-state index contributed by atoms with van der Waals surface area (Å²) < 4.78 is 6.77. The minimum atomic E-state index is -0.495. The summed E-state index contributed by atoms with van der Waals surface area (Å²) in [5.74, 6) is 1.58. The van der Waals surface area contributed by atoms with Crippen LogP contribution in [0.25, 0.3) is 0 Å². The van der Waals surface area contributed by atoms with E-state index in [2.05, 4.69) is 5.10 Å². The van der Waals surface area contributed by atoms with Crippen LogP contribution >= 0.6 is 11.8 Å². The number of aromatic nitrogens is 2. The molecule has 5 heteroatoms. The first kappa shape index (κ1) is 11.4. The van der Waals surface area contributed by atoms with Crippen molar-refractivity contribution in [2.24, 2.45) is 7.05 Å². The van der Waals surface area contributed by atoms with Crippen molar-refractivity contribution in [1.82, 2.24) is 9.78 Å². The van der Waals surface area contributed by atoms with Gasteiger partial charge >= 0.3 is 0 Å². The van der Waals surface area contributed by atoms with E-state index in [1.807, 2.05) is 6.26 Å². The first-order valence-electron chi connectivity index (χ1n) is 4.43. The molecule has 1 unspecified atom stereocenters. The van der Waals surface area contributed by atoms with E-state index in [-0.39, 0.29) is 0 Å². The number of hydrogen-bond donors (Lipinski definition) is 1. The van der Waals surface area contributed by atoms with Gasteiger partial charge in [0.2, 0.25) is 0 Å². The Bertz CT molecular complexity index is 288. The van der Waals surface area contributed by atoms with E-state index in [4.69, 9.17) is 4.74 Å². The lowest BCUT2D eigenvalue weighted by atomic mass is 10.2. The quantitative estimate of drug-likeness (QED) is 0.804. The summed E-state index contributed by atoms with van der Waals surface area (Å²) in [5, 5.41) is 13.9. The second kappa shape index (κ2) is 5.26. The summed E-state index contributed by atoms with van der Waals surface area (Å²) in [6.07, 6.45) is 3.87. The molecule has 0 saturated carbocycles. The number of rotatable bonds is 5. The summed E-state index contributed by atoms with van der Waals surface area (Å²) in [5.41, 5.74) is 0.751. The van der Waals surface area contributed by atoms with Crippen LogP contribution in [0.15, 0.2) is 6.20 Å². The number of thioether (sulfide) groups is 1. The van der Waals surface area contributed by atoms with Crippen LogP contribution in [0.2, 0.25) is 0 Å². The molecule has 1 rings (SSSR count).